The SMILES string of the molecule is Cc1cc(C(=O)Cn2c(C)nc3scc(-c4ccc5ccccc5c4)c3c2=O)ccc1F. The zero-order valence-corrected chi connectivity index (χ0v) is 18.4. The first-order valence-electron chi connectivity index (χ1n) is 10.2. The zero-order valence-electron chi connectivity index (χ0n) is 17.6. The fourth-order valence-electron chi connectivity index (χ4n) is 3.93. The minimum atomic E-state index is -0.365. The monoisotopic (exact) mass is 442 g/mol. The van der Waals surface area contributed by atoms with Gasteiger partial charge in [0.05, 0.1) is 11.9 Å². The Hall–Kier alpha value is -3.64. The number of nitrogens with zero attached hydrogens (tertiary/aromatic N) is 2. The number of hydrogen-bond donors (Lipinski definition) is 0. The lowest BCUT2D eigenvalue weighted by molar-refractivity contribution is 0.0969. The molecule has 6 heteroatoms. The van der Waals surface area contributed by atoms with Crippen molar-refractivity contribution in [2.45, 2.75) is 20.4 Å². The quantitative estimate of drug-likeness (QED) is 0.325. The highest BCUT2D eigenvalue weighted by molar-refractivity contribution is 7.17. The topological polar surface area (TPSA) is 52.0 Å². The van der Waals surface area contributed by atoms with Crippen LogP contribution in [0.2, 0.25) is 0 Å². The van der Waals surface area contributed by atoms with E-state index in [4.69, 9.17) is 0 Å². The van der Waals surface area contributed by atoms with Gasteiger partial charge in [-0.3, -0.25) is 14.2 Å². The third-order valence-corrected chi connectivity index (χ3v) is 6.60. The van der Waals surface area contributed by atoms with E-state index < -0.39 is 0 Å². The zero-order chi connectivity index (χ0) is 22.4. The molecule has 5 aromatic rings. The Labute approximate surface area is 187 Å². The van der Waals surface area contributed by atoms with Crippen LogP contribution in [0.15, 0.2) is 70.8 Å². The van der Waals surface area contributed by atoms with E-state index in [1.807, 2.05) is 41.8 Å². The minimum absolute atomic E-state index is 0.147. The number of aryl methyl sites for hydroxylation is 2. The molecule has 2 aromatic heterocycles. The van der Waals surface area contributed by atoms with Crippen molar-refractivity contribution in [3.8, 4) is 11.1 Å². The number of halogens is 1. The van der Waals surface area contributed by atoms with E-state index in [0.29, 0.717) is 27.2 Å². The Morgan fingerprint density at radius 1 is 1.03 bits per heavy atom. The maximum atomic E-state index is 13.6. The second kappa shape index (κ2) is 7.80. The summed E-state index contributed by atoms with van der Waals surface area (Å²) in [6, 6.07) is 18.4. The van der Waals surface area contributed by atoms with Gasteiger partial charge in [0, 0.05) is 16.5 Å². The van der Waals surface area contributed by atoms with Gasteiger partial charge in [0.2, 0.25) is 0 Å². The molecule has 4 nitrogen and oxygen atoms in total. The van der Waals surface area contributed by atoms with Gasteiger partial charge in [-0.25, -0.2) is 9.37 Å². The van der Waals surface area contributed by atoms with Crippen molar-refractivity contribution in [2.75, 3.05) is 0 Å². The molecular weight excluding hydrogens is 423 g/mol. The second-order valence-corrected chi connectivity index (χ2v) is 8.69. The first-order valence-corrected chi connectivity index (χ1v) is 11.1. The van der Waals surface area contributed by atoms with Crippen molar-refractivity contribution in [1.82, 2.24) is 9.55 Å². The molecule has 0 aliphatic heterocycles. The number of fused-ring (bicyclic) bond motifs is 2. The van der Waals surface area contributed by atoms with E-state index in [1.165, 1.54) is 34.1 Å². The van der Waals surface area contributed by atoms with Gasteiger partial charge in [0.15, 0.2) is 5.78 Å². The summed E-state index contributed by atoms with van der Waals surface area (Å²) in [6.07, 6.45) is 0. The molecule has 0 saturated carbocycles. The van der Waals surface area contributed by atoms with Crippen LogP contribution in [0, 0.1) is 19.7 Å². The molecule has 0 aliphatic carbocycles. The van der Waals surface area contributed by atoms with E-state index in [2.05, 4.69) is 11.1 Å². The van der Waals surface area contributed by atoms with Gasteiger partial charge in [0.1, 0.15) is 16.5 Å². The third-order valence-electron chi connectivity index (χ3n) is 5.73. The molecule has 3 aromatic carbocycles. The van der Waals surface area contributed by atoms with Crippen molar-refractivity contribution in [2.24, 2.45) is 0 Å². The van der Waals surface area contributed by atoms with Crippen molar-refractivity contribution in [1.29, 1.82) is 0 Å². The van der Waals surface area contributed by atoms with Gasteiger partial charge in [-0.2, -0.15) is 0 Å². The number of ketones is 1. The van der Waals surface area contributed by atoms with Crippen LogP contribution in [-0.2, 0) is 6.54 Å². The highest BCUT2D eigenvalue weighted by atomic mass is 32.1. The molecule has 0 spiro atoms. The van der Waals surface area contributed by atoms with Crippen molar-refractivity contribution >= 4 is 38.1 Å². The molecule has 5 rings (SSSR count). The van der Waals surface area contributed by atoms with Gasteiger partial charge < -0.3 is 0 Å². The fraction of sp³-hybridized carbons (Fsp3) is 0.115. The number of aromatic nitrogens is 2. The molecule has 0 bridgehead atoms. The number of thiophene rings is 1. The molecule has 0 radical (unpaired) electrons. The summed E-state index contributed by atoms with van der Waals surface area (Å²) in [4.78, 5) is 31.6. The number of carbonyl (C=O) groups is 1. The van der Waals surface area contributed by atoms with Crippen LogP contribution < -0.4 is 5.56 Å². The molecule has 158 valence electrons. The summed E-state index contributed by atoms with van der Waals surface area (Å²) in [7, 11) is 0. The second-order valence-electron chi connectivity index (χ2n) is 7.83. The Balaban J connectivity index is 1.61. The number of rotatable bonds is 4. The number of hydrogen-bond acceptors (Lipinski definition) is 4. The summed E-state index contributed by atoms with van der Waals surface area (Å²) < 4.78 is 15.0. The van der Waals surface area contributed by atoms with Crippen LogP contribution in [0.5, 0.6) is 0 Å². The maximum Gasteiger partial charge on any atom is 0.263 e. The van der Waals surface area contributed by atoms with Crippen molar-refractivity contribution in [3.05, 3.63) is 99.2 Å². The molecule has 0 N–H and O–H groups in total. The van der Waals surface area contributed by atoms with Crippen LogP contribution in [0.1, 0.15) is 21.7 Å². The first-order chi connectivity index (χ1) is 15.4. The van der Waals surface area contributed by atoms with Crippen LogP contribution in [0.25, 0.3) is 32.1 Å². The predicted octanol–water partition coefficient (Wildman–Crippen LogP) is 5.92. The molecule has 0 fully saturated rings. The molecule has 32 heavy (non-hydrogen) atoms. The van der Waals surface area contributed by atoms with E-state index in [-0.39, 0.29) is 23.7 Å². The molecule has 2 heterocycles. The summed E-state index contributed by atoms with van der Waals surface area (Å²) in [5, 5.41) is 4.67. The van der Waals surface area contributed by atoms with Crippen molar-refractivity contribution < 1.29 is 9.18 Å². The number of Topliss-reactive ketones (excluding diaryl/α,β-unsaturated/α-hetero) is 1. The minimum Gasteiger partial charge on any atom is -0.292 e. The van der Waals surface area contributed by atoms with Gasteiger partial charge in [-0.05, 0) is 60.0 Å². The van der Waals surface area contributed by atoms with Crippen LogP contribution in [0.3, 0.4) is 0 Å². The average molecular weight is 443 g/mol. The highest BCUT2D eigenvalue weighted by Gasteiger charge is 2.18. The Morgan fingerprint density at radius 2 is 1.81 bits per heavy atom. The summed E-state index contributed by atoms with van der Waals surface area (Å²) in [5.41, 5.74) is 2.26. The molecule has 0 amide bonds. The summed E-state index contributed by atoms with van der Waals surface area (Å²) >= 11 is 1.42. The van der Waals surface area contributed by atoms with Gasteiger partial charge >= 0.3 is 0 Å². The fourth-order valence-corrected chi connectivity index (χ4v) is 4.92. The van der Waals surface area contributed by atoms with E-state index in [1.54, 1.807) is 13.8 Å². The molecular formula is C26H19FN2O2S. The summed E-state index contributed by atoms with van der Waals surface area (Å²) in [6.45, 7) is 3.18. The van der Waals surface area contributed by atoms with Crippen LogP contribution in [0.4, 0.5) is 4.39 Å². The van der Waals surface area contributed by atoms with Crippen LogP contribution in [-0.4, -0.2) is 15.3 Å². The summed E-state index contributed by atoms with van der Waals surface area (Å²) in [5.74, 6) is -0.153. The largest absolute Gasteiger partial charge is 0.292 e. The Kier molecular flexibility index (Phi) is 4.94. The number of benzene rings is 3. The van der Waals surface area contributed by atoms with Gasteiger partial charge in [-0.1, -0.05) is 36.4 Å². The standard InChI is InChI=1S/C26H19FN2O2S/c1-15-11-20(9-10-22(15)27)23(30)13-29-16(2)28-25-24(26(29)31)21(14-32-25)19-8-7-17-5-3-4-6-18(17)12-19/h3-12,14H,13H2,1-2H3. The normalized spacial score (nSPS) is 11.3. The lowest BCUT2D eigenvalue weighted by atomic mass is 10.0. The van der Waals surface area contributed by atoms with Gasteiger partial charge in [-0.15, -0.1) is 11.3 Å². The Morgan fingerprint density at radius 3 is 2.59 bits per heavy atom. The highest BCUT2D eigenvalue weighted by Crippen LogP contribution is 2.32. The van der Waals surface area contributed by atoms with E-state index in [9.17, 15) is 14.0 Å². The third kappa shape index (κ3) is 3.42. The van der Waals surface area contributed by atoms with E-state index >= 15 is 0 Å². The average Bonchev–Trinajstić information content (AvgIpc) is 3.21. The molecule has 0 atom stereocenters. The molecule has 0 unspecified atom stereocenters. The Bertz CT molecular complexity index is 1580. The van der Waals surface area contributed by atoms with Crippen LogP contribution >= 0.6 is 11.3 Å². The molecule has 0 aliphatic rings. The number of carbonyl (C=O) groups excluding carboxylic acids is 1. The lowest BCUT2D eigenvalue weighted by Crippen LogP contribution is -2.27. The van der Waals surface area contributed by atoms with E-state index in [0.717, 1.165) is 21.9 Å². The predicted molar refractivity (Wildman–Crippen MR) is 127 cm³/mol. The van der Waals surface area contributed by atoms with Gasteiger partial charge in [0.25, 0.3) is 5.56 Å². The van der Waals surface area contributed by atoms with Crippen molar-refractivity contribution in [3.63, 3.8) is 0 Å². The smallest absolute Gasteiger partial charge is 0.263 e. The lowest BCUT2D eigenvalue weighted by Gasteiger charge is -2.10. The maximum absolute atomic E-state index is 13.6. The first kappa shape index (κ1) is 20.3. The molecule has 0 saturated heterocycles.